The van der Waals surface area contributed by atoms with E-state index in [4.69, 9.17) is 5.84 Å². The number of benzene rings is 1. The van der Waals surface area contributed by atoms with E-state index in [9.17, 15) is 14.9 Å². The Bertz CT molecular complexity index is 588. The molecule has 1 spiro atoms. The molecule has 2 fully saturated rings. The highest BCUT2D eigenvalue weighted by atomic mass is 16.6. The summed E-state index contributed by atoms with van der Waals surface area (Å²) in [5, 5.41) is 11.0. The second-order valence-electron chi connectivity index (χ2n) is 5.92. The third kappa shape index (κ3) is 2.56. The summed E-state index contributed by atoms with van der Waals surface area (Å²) in [6.07, 6.45) is 4.73. The van der Waals surface area contributed by atoms with Gasteiger partial charge in [0.1, 0.15) is 0 Å². The molecule has 3 rings (SSSR count). The molecule has 2 aliphatic rings. The first kappa shape index (κ1) is 13.8. The molecule has 1 aromatic carbocycles. The average molecular weight is 290 g/mol. The Kier molecular flexibility index (Phi) is 3.29. The lowest BCUT2D eigenvalue weighted by atomic mass is 9.93. The number of amides is 1. The lowest BCUT2D eigenvalue weighted by Crippen LogP contribution is -2.37. The van der Waals surface area contributed by atoms with E-state index in [1.165, 1.54) is 31.0 Å². The maximum Gasteiger partial charge on any atom is 0.271 e. The van der Waals surface area contributed by atoms with Crippen LogP contribution in [0.5, 0.6) is 0 Å². The van der Waals surface area contributed by atoms with E-state index < -0.39 is 10.8 Å². The van der Waals surface area contributed by atoms with Gasteiger partial charge in [-0.1, -0.05) is 0 Å². The number of non-ortho nitro benzene ring substituents is 1. The minimum absolute atomic E-state index is 0.00900. The first-order valence-electron chi connectivity index (χ1n) is 7.09. The number of carbonyl (C=O) groups excluding carboxylic acids is 1. The minimum atomic E-state index is -0.444. The van der Waals surface area contributed by atoms with Crippen molar-refractivity contribution in [2.45, 2.75) is 25.7 Å². The molecule has 1 saturated heterocycles. The van der Waals surface area contributed by atoms with Crippen LogP contribution in [0, 0.1) is 15.5 Å². The predicted octanol–water partition coefficient (Wildman–Crippen LogP) is 1.58. The van der Waals surface area contributed by atoms with Gasteiger partial charge in [0.2, 0.25) is 0 Å². The molecule has 0 unspecified atom stereocenters. The summed E-state index contributed by atoms with van der Waals surface area (Å²) >= 11 is 0. The molecule has 0 radical (unpaired) electrons. The molecule has 1 amide bonds. The topological polar surface area (TPSA) is 101 Å². The Balaban J connectivity index is 1.91. The van der Waals surface area contributed by atoms with Gasteiger partial charge < -0.3 is 4.90 Å². The Hall–Kier alpha value is -2.15. The largest absolute Gasteiger partial charge is 0.371 e. The maximum absolute atomic E-state index is 11.9. The smallest absolute Gasteiger partial charge is 0.271 e. The fraction of sp³-hybridized carbons (Fsp3) is 0.500. The van der Waals surface area contributed by atoms with Crippen molar-refractivity contribution < 1.29 is 9.72 Å². The van der Waals surface area contributed by atoms with Crippen LogP contribution in [0.3, 0.4) is 0 Å². The molecule has 0 aromatic heterocycles. The number of rotatable bonds is 3. The van der Waals surface area contributed by atoms with Gasteiger partial charge >= 0.3 is 0 Å². The number of nitro groups is 1. The molecule has 0 atom stereocenters. The van der Waals surface area contributed by atoms with Gasteiger partial charge in [-0.2, -0.15) is 0 Å². The number of hydrazine groups is 1. The fourth-order valence-corrected chi connectivity index (χ4v) is 3.06. The highest BCUT2D eigenvalue weighted by molar-refractivity contribution is 6.00. The highest BCUT2D eigenvalue weighted by Gasteiger charge is 2.44. The number of hydrogen-bond acceptors (Lipinski definition) is 5. The number of piperidine rings is 1. The van der Waals surface area contributed by atoms with Gasteiger partial charge in [-0.15, -0.1) is 0 Å². The normalized spacial score (nSPS) is 19.4. The maximum atomic E-state index is 11.9. The molecule has 3 N–H and O–H groups in total. The van der Waals surface area contributed by atoms with E-state index >= 15 is 0 Å². The van der Waals surface area contributed by atoms with Crippen molar-refractivity contribution in [1.82, 2.24) is 5.43 Å². The van der Waals surface area contributed by atoms with E-state index in [0.717, 1.165) is 25.9 Å². The van der Waals surface area contributed by atoms with Crippen LogP contribution in [0.2, 0.25) is 0 Å². The van der Waals surface area contributed by atoms with Crippen molar-refractivity contribution in [1.29, 1.82) is 0 Å². The third-order valence-corrected chi connectivity index (χ3v) is 4.69. The van der Waals surface area contributed by atoms with Gasteiger partial charge in [0.25, 0.3) is 11.6 Å². The van der Waals surface area contributed by atoms with Crippen LogP contribution in [0.1, 0.15) is 36.0 Å². The van der Waals surface area contributed by atoms with E-state index in [2.05, 4.69) is 10.3 Å². The van der Waals surface area contributed by atoms with Gasteiger partial charge in [0.15, 0.2) is 0 Å². The SMILES string of the molecule is NNC(=O)c1ccc([N+](=O)[O-])cc1N1CCC2(CC1)CC2. The molecule has 7 heteroatoms. The minimum Gasteiger partial charge on any atom is -0.371 e. The number of anilines is 1. The van der Waals surface area contributed by atoms with Crippen LogP contribution in [-0.2, 0) is 0 Å². The van der Waals surface area contributed by atoms with Crippen molar-refractivity contribution in [2.24, 2.45) is 11.3 Å². The second kappa shape index (κ2) is 5.00. The number of nitro benzene ring substituents is 1. The molecule has 7 nitrogen and oxygen atoms in total. The summed E-state index contributed by atoms with van der Waals surface area (Å²) < 4.78 is 0. The summed E-state index contributed by atoms with van der Waals surface area (Å²) in [5.74, 6) is 4.78. The van der Waals surface area contributed by atoms with Crippen LogP contribution < -0.4 is 16.2 Å². The molecule has 1 saturated carbocycles. The molecule has 1 aromatic rings. The molecular weight excluding hydrogens is 272 g/mol. The van der Waals surface area contributed by atoms with Crippen LogP contribution in [-0.4, -0.2) is 23.9 Å². The third-order valence-electron chi connectivity index (χ3n) is 4.69. The molecule has 21 heavy (non-hydrogen) atoms. The number of nitrogens with two attached hydrogens (primary N) is 1. The Morgan fingerprint density at radius 2 is 1.95 bits per heavy atom. The van der Waals surface area contributed by atoms with E-state index in [1.807, 2.05) is 0 Å². The lowest BCUT2D eigenvalue weighted by Gasteiger charge is -2.34. The predicted molar refractivity (Wildman–Crippen MR) is 77.9 cm³/mol. The summed E-state index contributed by atoms with van der Waals surface area (Å²) in [5.41, 5.74) is 3.58. The van der Waals surface area contributed by atoms with Crippen molar-refractivity contribution in [3.8, 4) is 0 Å². The molecule has 112 valence electrons. The summed E-state index contributed by atoms with van der Waals surface area (Å²) in [4.78, 5) is 24.4. The Morgan fingerprint density at radius 1 is 1.29 bits per heavy atom. The monoisotopic (exact) mass is 290 g/mol. The Morgan fingerprint density at radius 3 is 2.48 bits per heavy atom. The number of carbonyl (C=O) groups is 1. The van der Waals surface area contributed by atoms with E-state index in [0.29, 0.717) is 16.7 Å². The van der Waals surface area contributed by atoms with Gasteiger partial charge in [0.05, 0.1) is 16.2 Å². The molecular formula is C14H18N4O3. The zero-order valence-electron chi connectivity index (χ0n) is 11.7. The molecule has 1 heterocycles. The Labute approximate surface area is 122 Å². The number of nitrogen functional groups attached to an aromatic ring is 1. The number of nitrogens with zero attached hydrogens (tertiary/aromatic N) is 2. The first-order valence-corrected chi connectivity index (χ1v) is 7.09. The lowest BCUT2D eigenvalue weighted by molar-refractivity contribution is -0.384. The van der Waals surface area contributed by atoms with Crippen molar-refractivity contribution >= 4 is 17.3 Å². The van der Waals surface area contributed by atoms with Gasteiger partial charge in [-0.05, 0) is 37.2 Å². The van der Waals surface area contributed by atoms with Crippen LogP contribution in [0.25, 0.3) is 0 Å². The molecule has 0 bridgehead atoms. The number of hydrogen-bond donors (Lipinski definition) is 2. The van der Waals surface area contributed by atoms with Crippen molar-refractivity contribution in [3.05, 3.63) is 33.9 Å². The van der Waals surface area contributed by atoms with Crippen molar-refractivity contribution in [3.63, 3.8) is 0 Å². The number of nitrogens with one attached hydrogen (secondary N) is 1. The zero-order valence-corrected chi connectivity index (χ0v) is 11.7. The van der Waals surface area contributed by atoms with E-state index in [1.54, 1.807) is 0 Å². The van der Waals surface area contributed by atoms with Crippen LogP contribution >= 0.6 is 0 Å². The fourth-order valence-electron chi connectivity index (χ4n) is 3.06. The summed E-state index contributed by atoms with van der Waals surface area (Å²) in [6, 6.07) is 4.27. The first-order chi connectivity index (χ1) is 10.0. The second-order valence-corrected chi connectivity index (χ2v) is 5.92. The summed E-state index contributed by atoms with van der Waals surface area (Å²) in [6.45, 7) is 1.65. The highest BCUT2D eigenvalue weighted by Crippen LogP contribution is 2.54. The van der Waals surface area contributed by atoms with Crippen molar-refractivity contribution in [2.75, 3.05) is 18.0 Å². The van der Waals surface area contributed by atoms with Gasteiger partial charge in [0, 0.05) is 25.2 Å². The van der Waals surface area contributed by atoms with E-state index in [-0.39, 0.29) is 5.69 Å². The zero-order chi connectivity index (χ0) is 15.0. The average Bonchev–Trinajstić information content (AvgIpc) is 3.26. The quantitative estimate of drug-likeness (QED) is 0.381. The van der Waals surface area contributed by atoms with Gasteiger partial charge in [-0.25, -0.2) is 5.84 Å². The molecule has 1 aliphatic carbocycles. The standard InChI is InChI=1S/C14H18N4O3/c15-16-13(19)11-2-1-10(18(20)21)9-12(11)17-7-5-14(3-4-14)6-8-17/h1-2,9H,3-8,15H2,(H,16,19). The molecule has 1 aliphatic heterocycles. The van der Waals surface area contributed by atoms with Gasteiger partial charge in [-0.3, -0.25) is 20.3 Å². The van der Waals surface area contributed by atoms with Crippen LogP contribution in [0.4, 0.5) is 11.4 Å². The summed E-state index contributed by atoms with van der Waals surface area (Å²) in [7, 11) is 0. The van der Waals surface area contributed by atoms with Crippen LogP contribution in [0.15, 0.2) is 18.2 Å².